The van der Waals surface area contributed by atoms with Crippen LogP contribution in [0.3, 0.4) is 0 Å². The first-order chi connectivity index (χ1) is 11.9. The van der Waals surface area contributed by atoms with Crippen LogP contribution in [0.5, 0.6) is 0 Å². The summed E-state index contributed by atoms with van der Waals surface area (Å²) in [5, 5.41) is 4.18. The number of hydrogen-bond acceptors (Lipinski definition) is 3. The van der Waals surface area contributed by atoms with Crippen molar-refractivity contribution in [1.29, 1.82) is 0 Å². The van der Waals surface area contributed by atoms with Crippen LogP contribution in [-0.4, -0.2) is 37.2 Å². The number of nitrogens with zero attached hydrogens (tertiary/aromatic N) is 5. The zero-order valence-corrected chi connectivity index (χ0v) is 14.1. The van der Waals surface area contributed by atoms with E-state index >= 15 is 0 Å². The Balaban J connectivity index is 1.86. The van der Waals surface area contributed by atoms with Crippen LogP contribution < -0.4 is 0 Å². The van der Waals surface area contributed by atoms with Crippen molar-refractivity contribution >= 4 is 5.91 Å². The number of halogens is 2. The van der Waals surface area contributed by atoms with Crippen LogP contribution in [0.15, 0.2) is 36.7 Å². The highest BCUT2D eigenvalue weighted by Gasteiger charge is 2.19. The molecule has 0 atom stereocenters. The van der Waals surface area contributed by atoms with Crippen LogP contribution in [0.1, 0.15) is 22.0 Å². The summed E-state index contributed by atoms with van der Waals surface area (Å²) < 4.78 is 30.2. The molecular weight excluding hydrogens is 328 g/mol. The van der Waals surface area contributed by atoms with E-state index in [4.69, 9.17) is 0 Å². The maximum absolute atomic E-state index is 14.0. The topological polar surface area (TPSA) is 56.0 Å². The van der Waals surface area contributed by atoms with Crippen molar-refractivity contribution in [3.05, 3.63) is 65.5 Å². The van der Waals surface area contributed by atoms with Crippen molar-refractivity contribution in [1.82, 2.24) is 24.2 Å². The van der Waals surface area contributed by atoms with Crippen molar-refractivity contribution in [3.8, 4) is 5.69 Å². The number of imidazole rings is 1. The predicted molar refractivity (Wildman–Crippen MR) is 87.2 cm³/mol. The van der Waals surface area contributed by atoms with E-state index in [1.54, 1.807) is 32.4 Å². The third kappa shape index (κ3) is 3.28. The van der Waals surface area contributed by atoms with Crippen LogP contribution >= 0.6 is 0 Å². The lowest BCUT2D eigenvalue weighted by atomic mass is 10.3. The summed E-state index contributed by atoms with van der Waals surface area (Å²) in [4.78, 5) is 18.2. The van der Waals surface area contributed by atoms with Crippen molar-refractivity contribution in [2.75, 3.05) is 7.05 Å². The predicted octanol–water partition coefficient (Wildman–Crippen LogP) is 2.46. The summed E-state index contributed by atoms with van der Waals surface area (Å²) in [6.07, 6.45) is 3.45. The van der Waals surface area contributed by atoms with E-state index in [1.807, 2.05) is 11.6 Å². The second kappa shape index (κ2) is 6.46. The van der Waals surface area contributed by atoms with Crippen molar-refractivity contribution in [2.24, 2.45) is 7.05 Å². The molecule has 2 heterocycles. The number of hydrogen-bond donors (Lipinski definition) is 0. The summed E-state index contributed by atoms with van der Waals surface area (Å²) in [6.45, 7) is 2.02. The second-order valence-electron chi connectivity index (χ2n) is 5.79. The van der Waals surface area contributed by atoms with E-state index in [0.29, 0.717) is 12.2 Å². The van der Waals surface area contributed by atoms with E-state index in [-0.39, 0.29) is 17.3 Å². The zero-order chi connectivity index (χ0) is 18.1. The Hall–Kier alpha value is -3.03. The van der Waals surface area contributed by atoms with Gasteiger partial charge < -0.3 is 9.47 Å². The molecule has 8 heteroatoms. The first kappa shape index (κ1) is 16.8. The van der Waals surface area contributed by atoms with Crippen molar-refractivity contribution in [3.63, 3.8) is 0 Å². The molecule has 1 aromatic carbocycles. The van der Waals surface area contributed by atoms with Crippen molar-refractivity contribution in [2.45, 2.75) is 13.5 Å². The molecule has 3 rings (SSSR count). The van der Waals surface area contributed by atoms with E-state index in [2.05, 4.69) is 10.1 Å². The highest BCUT2D eigenvalue weighted by atomic mass is 19.1. The molecule has 0 fully saturated rings. The third-order valence-electron chi connectivity index (χ3n) is 3.89. The van der Waals surface area contributed by atoms with Gasteiger partial charge in [0, 0.05) is 38.2 Å². The van der Waals surface area contributed by atoms with Gasteiger partial charge in [0.15, 0.2) is 11.5 Å². The Kier molecular flexibility index (Phi) is 4.35. The molecule has 6 nitrogen and oxygen atoms in total. The molecular formula is C17H17F2N5O. The Morgan fingerprint density at radius 1 is 1.28 bits per heavy atom. The maximum atomic E-state index is 14.0. The van der Waals surface area contributed by atoms with Crippen LogP contribution in [-0.2, 0) is 13.6 Å². The Morgan fingerprint density at radius 2 is 2.04 bits per heavy atom. The van der Waals surface area contributed by atoms with Gasteiger partial charge in [-0.25, -0.2) is 18.4 Å². The SMILES string of the molecule is Cc1cc(C(=O)N(C)Cc2nccn2C)nn1-c1ccc(F)cc1F. The Labute approximate surface area is 143 Å². The summed E-state index contributed by atoms with van der Waals surface area (Å²) in [7, 11) is 3.49. The second-order valence-corrected chi connectivity index (χ2v) is 5.79. The fourth-order valence-electron chi connectivity index (χ4n) is 2.50. The standard InChI is InChI=1S/C17H17F2N5O/c1-11-8-14(17(25)23(3)10-16-20-6-7-22(16)2)21-24(11)15-5-4-12(18)9-13(15)19/h4-9H,10H2,1-3H3. The highest BCUT2D eigenvalue weighted by Crippen LogP contribution is 2.18. The van der Waals surface area contributed by atoms with E-state index in [9.17, 15) is 13.6 Å². The molecule has 3 aromatic rings. The van der Waals surface area contributed by atoms with Gasteiger partial charge in [0.2, 0.25) is 0 Å². The van der Waals surface area contributed by atoms with Gasteiger partial charge in [-0.15, -0.1) is 0 Å². The number of amides is 1. The van der Waals surface area contributed by atoms with E-state index < -0.39 is 11.6 Å². The number of carbonyl (C=O) groups excluding carboxylic acids is 1. The Bertz CT molecular complexity index is 931. The van der Waals surface area contributed by atoms with Crippen LogP contribution in [0.4, 0.5) is 8.78 Å². The van der Waals surface area contributed by atoms with Crippen LogP contribution in [0.25, 0.3) is 5.69 Å². The molecule has 0 saturated heterocycles. The molecule has 0 aliphatic heterocycles. The minimum absolute atomic E-state index is 0.0877. The number of aromatic nitrogens is 4. The van der Waals surface area contributed by atoms with Crippen LogP contribution in [0, 0.1) is 18.6 Å². The molecule has 0 aliphatic carbocycles. The zero-order valence-electron chi connectivity index (χ0n) is 14.1. The van der Waals surface area contributed by atoms with Crippen molar-refractivity contribution < 1.29 is 13.6 Å². The quantitative estimate of drug-likeness (QED) is 0.730. The molecule has 0 unspecified atom stereocenters. The molecule has 0 spiro atoms. The Morgan fingerprint density at radius 3 is 2.68 bits per heavy atom. The van der Waals surface area contributed by atoms with Gasteiger partial charge in [-0.3, -0.25) is 4.79 Å². The summed E-state index contributed by atoms with van der Waals surface area (Å²) in [6, 6.07) is 4.79. The first-order valence-electron chi connectivity index (χ1n) is 7.60. The third-order valence-corrected chi connectivity index (χ3v) is 3.89. The largest absolute Gasteiger partial charge is 0.337 e. The average Bonchev–Trinajstić information content (AvgIpc) is 3.13. The number of benzene rings is 1. The number of carbonyl (C=O) groups is 1. The molecule has 130 valence electrons. The van der Waals surface area contributed by atoms with Gasteiger partial charge in [0.25, 0.3) is 5.91 Å². The average molecular weight is 345 g/mol. The van der Waals surface area contributed by atoms with Gasteiger partial charge >= 0.3 is 0 Å². The molecule has 1 amide bonds. The van der Waals surface area contributed by atoms with E-state index in [0.717, 1.165) is 18.0 Å². The normalized spacial score (nSPS) is 10.9. The van der Waals surface area contributed by atoms with Crippen LogP contribution in [0.2, 0.25) is 0 Å². The van der Waals surface area contributed by atoms with Gasteiger partial charge in [-0.2, -0.15) is 5.10 Å². The summed E-state index contributed by atoms with van der Waals surface area (Å²) >= 11 is 0. The fourth-order valence-corrected chi connectivity index (χ4v) is 2.50. The molecule has 2 aromatic heterocycles. The fraction of sp³-hybridized carbons (Fsp3) is 0.235. The summed E-state index contributed by atoms with van der Waals surface area (Å²) in [5.74, 6) is -0.993. The molecule has 0 aliphatic rings. The highest BCUT2D eigenvalue weighted by molar-refractivity contribution is 5.92. The lowest BCUT2D eigenvalue weighted by molar-refractivity contribution is 0.0774. The minimum atomic E-state index is -0.744. The molecule has 0 bridgehead atoms. The molecule has 0 N–H and O–H groups in total. The lowest BCUT2D eigenvalue weighted by Crippen LogP contribution is -2.28. The van der Waals surface area contributed by atoms with Gasteiger partial charge in [0.1, 0.15) is 17.3 Å². The minimum Gasteiger partial charge on any atom is -0.337 e. The van der Waals surface area contributed by atoms with Gasteiger partial charge in [-0.05, 0) is 25.1 Å². The lowest BCUT2D eigenvalue weighted by Gasteiger charge is -2.15. The smallest absolute Gasteiger partial charge is 0.274 e. The molecule has 25 heavy (non-hydrogen) atoms. The summed E-state index contributed by atoms with van der Waals surface area (Å²) in [5.41, 5.74) is 0.835. The maximum Gasteiger partial charge on any atom is 0.274 e. The molecule has 0 saturated carbocycles. The first-order valence-corrected chi connectivity index (χ1v) is 7.60. The van der Waals surface area contributed by atoms with E-state index in [1.165, 1.54) is 15.6 Å². The van der Waals surface area contributed by atoms with Gasteiger partial charge in [-0.1, -0.05) is 0 Å². The van der Waals surface area contributed by atoms with Gasteiger partial charge in [0.05, 0.1) is 6.54 Å². The number of aryl methyl sites for hydroxylation is 2. The molecule has 0 radical (unpaired) electrons. The monoisotopic (exact) mass is 345 g/mol. The number of rotatable bonds is 4.